The predicted molar refractivity (Wildman–Crippen MR) is 5.75 cm³/mol. The first-order chi connectivity index (χ1) is 1.73. The normalized spacial score (nSPS) is 4.50. The molecule has 0 radical (unpaired) electrons. The molecule has 0 aromatic rings. The summed E-state index contributed by atoms with van der Waals surface area (Å²) in [5.41, 5.74) is 0. The molecule has 0 aliphatic rings. The Morgan fingerprint density at radius 2 is 1.00 bits per heavy atom. The summed E-state index contributed by atoms with van der Waals surface area (Å²) in [4.78, 5) is 0. The minimum Gasteiger partial charge on any atom is -0.907 e. The minimum atomic E-state index is -2.92. The zero-order valence-corrected chi connectivity index (χ0v) is 7.84. The Hall–Kier alpha value is 2.82. The number of hydrogen-bond acceptors (Lipinski definition) is 3. The molecule has 0 N–H and O–H groups in total. The smallest absolute Gasteiger partial charge is 0.907 e. The Morgan fingerprint density at radius 3 is 1.00 bits per heavy atom. The van der Waals surface area contributed by atoms with E-state index < -0.39 is 7.32 Å². The van der Waals surface area contributed by atoms with E-state index in [1.807, 2.05) is 0 Å². The minimum absolute atomic E-state index is 0. The molecule has 0 aliphatic carbocycles. The van der Waals surface area contributed by atoms with E-state index in [0.717, 1.165) is 0 Å². The van der Waals surface area contributed by atoms with Crippen LogP contribution in [0.4, 0.5) is 0 Å². The number of rotatable bonds is 0. The van der Waals surface area contributed by atoms with Gasteiger partial charge in [0, 0.05) is 0 Å². The molecule has 0 saturated carbocycles. The molecule has 0 spiro atoms. The van der Waals surface area contributed by atoms with Crippen molar-refractivity contribution < 1.29 is 103 Å². The Labute approximate surface area is 108 Å². The summed E-state index contributed by atoms with van der Waals surface area (Å²) < 4.78 is 0. The van der Waals surface area contributed by atoms with Gasteiger partial charge in [-0.3, -0.25) is 7.32 Å². The standard InChI is InChI=1S/BO3.K.Lu/c2-1(3)4;;/q-3;+1;+3. The van der Waals surface area contributed by atoms with Gasteiger partial charge in [-0.15, -0.1) is 0 Å². The Kier molecular flexibility index (Phi) is 28.5. The third-order valence-electron chi connectivity index (χ3n) is 0. The molecule has 0 unspecified atom stereocenters. The van der Waals surface area contributed by atoms with Crippen LogP contribution in [-0.4, -0.2) is 7.32 Å². The van der Waals surface area contributed by atoms with Crippen LogP contribution in [0.15, 0.2) is 0 Å². The molecule has 3 nitrogen and oxygen atoms in total. The largest absolute Gasteiger partial charge is 3.00 e. The van der Waals surface area contributed by atoms with Crippen LogP contribution in [0.1, 0.15) is 0 Å². The molecule has 0 saturated heterocycles. The van der Waals surface area contributed by atoms with E-state index in [1.165, 1.54) is 0 Å². The third kappa shape index (κ3) is 29.1. The van der Waals surface area contributed by atoms with Crippen LogP contribution in [0.2, 0.25) is 0 Å². The first kappa shape index (κ1) is 15.9. The van der Waals surface area contributed by atoms with Crippen LogP contribution < -0.4 is 66.5 Å². The van der Waals surface area contributed by atoms with Gasteiger partial charge >= 0.3 is 88.3 Å². The molecule has 0 aliphatic heterocycles. The second kappa shape index (κ2) is 10.7. The summed E-state index contributed by atoms with van der Waals surface area (Å²) in [5, 5.41) is 25.2. The molecule has 0 aromatic heterocycles. The van der Waals surface area contributed by atoms with Gasteiger partial charge in [-0.25, -0.2) is 0 Å². The summed E-state index contributed by atoms with van der Waals surface area (Å²) in [6.45, 7) is 0. The van der Waals surface area contributed by atoms with E-state index in [2.05, 4.69) is 0 Å². The van der Waals surface area contributed by atoms with Gasteiger partial charge in [-0.2, -0.15) is 0 Å². The Morgan fingerprint density at radius 1 is 1.00 bits per heavy atom. The quantitative estimate of drug-likeness (QED) is 0.412. The summed E-state index contributed by atoms with van der Waals surface area (Å²) in [7, 11) is -2.92. The summed E-state index contributed by atoms with van der Waals surface area (Å²) >= 11 is 0. The second-order valence-electron chi connectivity index (χ2n) is 0.289. The molecule has 0 bridgehead atoms. The molecule has 0 atom stereocenters. The van der Waals surface area contributed by atoms with E-state index in [4.69, 9.17) is 15.1 Å². The van der Waals surface area contributed by atoms with Crippen LogP contribution in [-0.2, 0) is 0 Å². The maximum absolute atomic E-state index is 8.42. The van der Waals surface area contributed by atoms with Gasteiger partial charge < -0.3 is 15.1 Å². The zero-order valence-electron chi connectivity index (χ0n) is 3.06. The van der Waals surface area contributed by atoms with Gasteiger partial charge in [-0.05, 0) is 0 Å². The molecule has 0 rings (SSSR count). The van der Waals surface area contributed by atoms with Gasteiger partial charge in [-0.1, -0.05) is 0 Å². The van der Waals surface area contributed by atoms with E-state index in [0.29, 0.717) is 0 Å². The molecule has 0 fully saturated rings. The zero-order chi connectivity index (χ0) is 3.58. The summed E-state index contributed by atoms with van der Waals surface area (Å²) in [6, 6.07) is 0. The van der Waals surface area contributed by atoms with Crippen molar-refractivity contribution in [3.05, 3.63) is 0 Å². The monoisotopic (exact) mass is 273 g/mol. The SMILES string of the molecule is [K+].[Lu+3].[O-]B([O-])[O-]. The van der Waals surface area contributed by atoms with E-state index >= 15 is 0 Å². The van der Waals surface area contributed by atoms with Crippen LogP contribution >= 0.6 is 0 Å². The van der Waals surface area contributed by atoms with Crippen molar-refractivity contribution in [2.75, 3.05) is 0 Å². The number of hydrogen-bond donors (Lipinski definition) is 0. The van der Waals surface area contributed by atoms with Gasteiger partial charge in [0.1, 0.15) is 0 Å². The van der Waals surface area contributed by atoms with Gasteiger partial charge in [0.2, 0.25) is 0 Å². The third-order valence-corrected chi connectivity index (χ3v) is 0. The maximum Gasteiger partial charge on any atom is 3.00 e. The van der Waals surface area contributed by atoms with Crippen molar-refractivity contribution in [2.24, 2.45) is 0 Å². The van der Waals surface area contributed by atoms with Crippen LogP contribution in [0, 0.1) is 36.9 Å². The first-order valence-corrected chi connectivity index (χ1v) is 0.707. The fourth-order valence-electron chi connectivity index (χ4n) is 0. The van der Waals surface area contributed by atoms with E-state index in [9.17, 15) is 0 Å². The fraction of sp³-hybridized carbons (Fsp3) is 0. The molecular formula is BKLuO3+. The molecular weight excluding hydrogens is 273 g/mol. The Bertz CT molecular complexity index is 15.5. The fourth-order valence-corrected chi connectivity index (χ4v) is 0. The molecule has 0 aromatic carbocycles. The molecule has 36 valence electrons. The van der Waals surface area contributed by atoms with Crippen LogP contribution in [0.5, 0.6) is 0 Å². The molecule has 6 heteroatoms. The Balaban J connectivity index is -0.0000000450. The first-order valence-electron chi connectivity index (χ1n) is 0.707. The molecule has 6 heavy (non-hydrogen) atoms. The van der Waals surface area contributed by atoms with Crippen molar-refractivity contribution in [3.8, 4) is 0 Å². The second-order valence-corrected chi connectivity index (χ2v) is 0.289. The summed E-state index contributed by atoms with van der Waals surface area (Å²) in [5.74, 6) is 0. The van der Waals surface area contributed by atoms with E-state index in [1.54, 1.807) is 0 Å². The van der Waals surface area contributed by atoms with Gasteiger partial charge in [0.25, 0.3) is 0 Å². The van der Waals surface area contributed by atoms with Gasteiger partial charge in [0.05, 0.1) is 0 Å². The summed E-state index contributed by atoms with van der Waals surface area (Å²) in [6.07, 6.45) is 0. The molecule has 0 amide bonds. The van der Waals surface area contributed by atoms with Gasteiger partial charge in [0.15, 0.2) is 0 Å². The van der Waals surface area contributed by atoms with E-state index in [-0.39, 0.29) is 88.3 Å². The van der Waals surface area contributed by atoms with Crippen LogP contribution in [0.25, 0.3) is 0 Å². The van der Waals surface area contributed by atoms with Crippen molar-refractivity contribution >= 4 is 7.32 Å². The van der Waals surface area contributed by atoms with Crippen molar-refractivity contribution in [1.29, 1.82) is 0 Å². The average molecular weight is 273 g/mol. The average Bonchev–Trinajstić information content (AvgIpc) is 0.811. The predicted octanol–water partition coefficient (Wildman–Crippen LogP) is -6.94. The van der Waals surface area contributed by atoms with Crippen molar-refractivity contribution in [2.45, 2.75) is 0 Å². The van der Waals surface area contributed by atoms with Crippen molar-refractivity contribution in [1.82, 2.24) is 0 Å². The van der Waals surface area contributed by atoms with Crippen molar-refractivity contribution in [3.63, 3.8) is 0 Å². The van der Waals surface area contributed by atoms with Crippen LogP contribution in [0.3, 0.4) is 0 Å². The molecule has 0 heterocycles. The maximum atomic E-state index is 8.42. The topological polar surface area (TPSA) is 69.2 Å².